The molecule has 4 heterocycles. The molecule has 3 aliphatic rings. The molecule has 0 fully saturated rings. The Bertz CT molecular complexity index is 3680. The van der Waals surface area contributed by atoms with E-state index in [-0.39, 0.29) is 21.7 Å². The highest BCUT2D eigenvalue weighted by molar-refractivity contribution is 6.09. The number of nitrogens with zero attached hydrogens (tertiary/aromatic N) is 4. The molecular weight excluding hydrogens is 922 g/mol. The Balaban J connectivity index is 1.16. The lowest BCUT2D eigenvalue weighted by molar-refractivity contribution is -0.137. The number of rotatable bonds is 4. The first-order chi connectivity index (χ1) is 34.8. The maximum Gasteiger partial charge on any atom is 0.416 e. The summed E-state index contributed by atoms with van der Waals surface area (Å²) in [5, 5.41) is 2.23. The van der Waals surface area contributed by atoms with Gasteiger partial charge in [-0.25, -0.2) is 4.98 Å². The molecular formula is C66H63F3N4O. The number of halogens is 3. The number of hydrogen-bond acceptors (Lipinski definition) is 4. The van der Waals surface area contributed by atoms with Gasteiger partial charge in [0, 0.05) is 34.8 Å². The van der Waals surface area contributed by atoms with Crippen molar-refractivity contribution in [3.63, 3.8) is 0 Å². The third kappa shape index (κ3) is 7.14. The van der Waals surface area contributed by atoms with Crippen LogP contribution in [0.1, 0.15) is 133 Å². The van der Waals surface area contributed by atoms with Crippen LogP contribution in [-0.2, 0) is 33.3 Å². The number of ether oxygens (including phenoxy) is 1. The van der Waals surface area contributed by atoms with Gasteiger partial charge in [0.15, 0.2) is 0 Å². The molecule has 0 radical (unpaired) electrons. The van der Waals surface area contributed by atoms with E-state index < -0.39 is 17.2 Å². The Kier molecular flexibility index (Phi) is 10.2. The number of benzene rings is 7. The van der Waals surface area contributed by atoms with Gasteiger partial charge in [0.05, 0.1) is 39.1 Å². The molecule has 12 rings (SSSR count). The van der Waals surface area contributed by atoms with E-state index in [1.807, 2.05) is 30.5 Å². The van der Waals surface area contributed by atoms with Gasteiger partial charge in [-0.05, 0) is 144 Å². The smallest absolute Gasteiger partial charge is 0.416 e. The summed E-state index contributed by atoms with van der Waals surface area (Å²) in [4.78, 5) is 9.31. The largest absolute Gasteiger partial charge is 0.457 e. The van der Waals surface area contributed by atoms with E-state index in [0.29, 0.717) is 23.9 Å². The highest BCUT2D eigenvalue weighted by Gasteiger charge is 2.57. The molecule has 5 nitrogen and oxygen atoms in total. The number of aromatic nitrogens is 2. The highest BCUT2D eigenvalue weighted by Crippen LogP contribution is 2.69. The molecule has 0 N–H and O–H groups in total. The lowest BCUT2D eigenvalue weighted by atomic mass is 9.59. The summed E-state index contributed by atoms with van der Waals surface area (Å²) in [5.41, 5.74) is 15.9. The van der Waals surface area contributed by atoms with Crippen LogP contribution in [-0.4, -0.2) is 16.2 Å². The molecule has 374 valence electrons. The van der Waals surface area contributed by atoms with Crippen molar-refractivity contribution in [2.75, 3.05) is 16.5 Å². The lowest BCUT2D eigenvalue weighted by Gasteiger charge is -2.46. The maximum absolute atomic E-state index is 14.1. The fraction of sp³-hybridized carbons (Fsp3) is 0.288. The molecule has 0 bridgehead atoms. The van der Waals surface area contributed by atoms with Crippen LogP contribution >= 0.6 is 0 Å². The van der Waals surface area contributed by atoms with Crippen molar-refractivity contribution in [2.24, 2.45) is 0 Å². The molecule has 1 spiro atoms. The Morgan fingerprint density at radius 3 is 1.68 bits per heavy atom. The van der Waals surface area contributed by atoms with Crippen LogP contribution in [0.15, 0.2) is 152 Å². The van der Waals surface area contributed by atoms with Crippen molar-refractivity contribution < 1.29 is 17.9 Å². The lowest BCUT2D eigenvalue weighted by Crippen LogP contribution is -2.40. The number of fused-ring (bicyclic) bond motifs is 12. The first-order valence-electron chi connectivity index (χ1n) is 25.9. The van der Waals surface area contributed by atoms with E-state index in [4.69, 9.17) is 9.72 Å². The molecule has 74 heavy (non-hydrogen) atoms. The summed E-state index contributed by atoms with van der Waals surface area (Å²) in [6, 6.07) is 49.4. The van der Waals surface area contributed by atoms with Crippen molar-refractivity contribution >= 4 is 44.6 Å². The topological polar surface area (TPSA) is 33.5 Å². The first kappa shape index (κ1) is 47.7. The SMILES string of the molecule is CC(C)(C)c1cc2c(c(C(C)(C)C)c1)C1(c3ccc(Oc4ccc5c6ccccc6n(-c6ccccn6)c5c4)cc3N3CN(c4ccc(C(F)(F)F)cc4)c4cccc1c43)c1c-2cc(C(C)(C)C)cc1C(C)(C)C. The van der Waals surface area contributed by atoms with Gasteiger partial charge in [0.1, 0.15) is 24.0 Å². The second kappa shape index (κ2) is 15.8. The molecule has 0 atom stereocenters. The molecule has 9 aromatic rings. The minimum atomic E-state index is -4.46. The van der Waals surface area contributed by atoms with Crippen molar-refractivity contribution in [1.29, 1.82) is 0 Å². The van der Waals surface area contributed by atoms with Crippen LogP contribution in [0, 0.1) is 0 Å². The number of para-hydroxylation sites is 2. The second-order valence-electron chi connectivity index (χ2n) is 24.9. The van der Waals surface area contributed by atoms with Crippen molar-refractivity contribution in [3.05, 3.63) is 202 Å². The van der Waals surface area contributed by atoms with Crippen molar-refractivity contribution in [2.45, 2.75) is 116 Å². The molecule has 2 aromatic heterocycles. The Hall–Kier alpha value is -7.32. The molecule has 8 heteroatoms. The second-order valence-corrected chi connectivity index (χ2v) is 24.9. The Morgan fingerprint density at radius 2 is 1.08 bits per heavy atom. The van der Waals surface area contributed by atoms with Gasteiger partial charge in [0.2, 0.25) is 0 Å². The number of anilines is 4. The van der Waals surface area contributed by atoms with Crippen molar-refractivity contribution in [3.8, 4) is 28.4 Å². The van der Waals surface area contributed by atoms with Gasteiger partial charge in [-0.2, -0.15) is 13.2 Å². The minimum Gasteiger partial charge on any atom is -0.457 e. The minimum absolute atomic E-state index is 0.141. The predicted molar refractivity (Wildman–Crippen MR) is 298 cm³/mol. The zero-order valence-corrected chi connectivity index (χ0v) is 44.5. The quantitative estimate of drug-likeness (QED) is 0.176. The van der Waals surface area contributed by atoms with Crippen LogP contribution in [0.2, 0.25) is 0 Å². The van der Waals surface area contributed by atoms with Gasteiger partial charge in [0.25, 0.3) is 0 Å². The molecule has 0 saturated heterocycles. The standard InChI is InChI=1S/C66H63F3N4O/c1-61(2,3)40-32-47-48-33-41(62(4,5)6)35-52(64(10,11)12)59(48)65(58(47)51(34-40)63(7,8)9)49-30-28-44(74-43-27-29-46-45-18-13-14-20-53(45)73(55(46)36-43)57-22-15-16-31-70-57)37-56(49)72-38-71(54-21-17-19-50(65)60(54)72)42-25-23-39(24-26-42)66(67,68)69/h13-37H,38H2,1-12H3. The summed E-state index contributed by atoms with van der Waals surface area (Å²) in [5.74, 6) is 2.17. The van der Waals surface area contributed by atoms with E-state index >= 15 is 0 Å². The highest BCUT2D eigenvalue weighted by atomic mass is 19.4. The van der Waals surface area contributed by atoms with Gasteiger partial charge < -0.3 is 14.5 Å². The first-order valence-corrected chi connectivity index (χ1v) is 25.9. The Morgan fingerprint density at radius 1 is 0.486 bits per heavy atom. The molecule has 0 saturated carbocycles. The van der Waals surface area contributed by atoms with Crippen molar-refractivity contribution in [1.82, 2.24) is 9.55 Å². The monoisotopic (exact) mass is 984 g/mol. The molecule has 1 aliphatic carbocycles. The summed E-state index contributed by atoms with van der Waals surface area (Å²) < 4.78 is 51.5. The summed E-state index contributed by atoms with van der Waals surface area (Å²) in [6.45, 7) is 28.3. The van der Waals surface area contributed by atoms with E-state index in [1.165, 1.54) is 56.6 Å². The maximum atomic E-state index is 14.1. The van der Waals surface area contributed by atoms with Gasteiger partial charge in [-0.15, -0.1) is 0 Å². The average molecular weight is 985 g/mol. The van der Waals surface area contributed by atoms with E-state index in [9.17, 15) is 13.2 Å². The van der Waals surface area contributed by atoms with Crippen LogP contribution in [0.5, 0.6) is 11.5 Å². The predicted octanol–water partition coefficient (Wildman–Crippen LogP) is 18.1. The number of hydrogen-bond donors (Lipinski definition) is 0. The third-order valence-corrected chi connectivity index (χ3v) is 15.9. The van der Waals surface area contributed by atoms with Crippen LogP contribution in [0.3, 0.4) is 0 Å². The zero-order valence-electron chi connectivity index (χ0n) is 44.5. The number of alkyl halides is 3. The fourth-order valence-electron chi connectivity index (χ4n) is 12.2. The summed E-state index contributed by atoms with van der Waals surface area (Å²) in [6.07, 6.45) is -2.64. The van der Waals surface area contributed by atoms with E-state index in [0.717, 1.165) is 55.8 Å². The van der Waals surface area contributed by atoms with E-state index in [2.05, 4.69) is 195 Å². The zero-order chi connectivity index (χ0) is 52.2. The molecule has 0 amide bonds. The van der Waals surface area contributed by atoms with Gasteiger partial charge in [-0.1, -0.05) is 150 Å². The molecule has 2 aliphatic heterocycles. The van der Waals surface area contributed by atoms with Gasteiger partial charge in [-0.3, -0.25) is 4.57 Å². The molecule has 0 unspecified atom stereocenters. The number of pyridine rings is 1. The van der Waals surface area contributed by atoms with Gasteiger partial charge >= 0.3 is 6.18 Å². The third-order valence-electron chi connectivity index (χ3n) is 15.9. The normalized spacial score (nSPS) is 15.0. The summed E-state index contributed by atoms with van der Waals surface area (Å²) in [7, 11) is 0. The summed E-state index contributed by atoms with van der Waals surface area (Å²) >= 11 is 0. The fourth-order valence-corrected chi connectivity index (χ4v) is 12.2. The molecule has 7 aromatic carbocycles. The average Bonchev–Trinajstić information content (AvgIpc) is 3.99. The van der Waals surface area contributed by atoms with E-state index in [1.54, 1.807) is 12.1 Å². The van der Waals surface area contributed by atoms with Crippen LogP contribution in [0.25, 0.3) is 38.8 Å². The van der Waals surface area contributed by atoms with Crippen LogP contribution in [0.4, 0.5) is 35.9 Å². The Labute approximate surface area is 433 Å². The van der Waals surface area contributed by atoms with Crippen LogP contribution < -0.4 is 14.5 Å².